The van der Waals surface area contributed by atoms with Gasteiger partial charge in [-0.2, -0.15) is 9.78 Å². The number of carbonyl (C=O) groups excluding carboxylic acids is 1. The summed E-state index contributed by atoms with van der Waals surface area (Å²) in [6.07, 6.45) is 3.47. The van der Waals surface area contributed by atoms with Crippen LogP contribution < -0.4 is 10.9 Å². The Balaban J connectivity index is 1.47. The average Bonchev–Trinajstić information content (AvgIpc) is 3.18. The highest BCUT2D eigenvalue weighted by molar-refractivity contribution is 9.10. The van der Waals surface area contributed by atoms with Crippen molar-refractivity contribution < 1.29 is 4.79 Å². The second-order valence-electron chi connectivity index (χ2n) is 7.97. The fraction of sp³-hybridized carbons (Fsp3) is 0.0769. The maximum atomic E-state index is 13.1. The van der Waals surface area contributed by atoms with Crippen LogP contribution in [0.3, 0.4) is 0 Å². The summed E-state index contributed by atoms with van der Waals surface area (Å²) in [5.74, 6) is 0.306. The van der Waals surface area contributed by atoms with Crippen molar-refractivity contribution in [3.63, 3.8) is 0 Å². The summed E-state index contributed by atoms with van der Waals surface area (Å²) in [7, 11) is 0. The van der Waals surface area contributed by atoms with Crippen molar-refractivity contribution >= 4 is 67.1 Å². The third-order valence-electron chi connectivity index (χ3n) is 5.54. The number of halogens is 2. The predicted molar refractivity (Wildman–Crippen MR) is 143 cm³/mol. The Kier molecular flexibility index (Phi) is 6.23. The number of aromatic nitrogens is 3. The van der Waals surface area contributed by atoms with Gasteiger partial charge in [-0.15, -0.1) is 0 Å². The summed E-state index contributed by atoms with van der Waals surface area (Å²) in [4.78, 5) is 30.2. The summed E-state index contributed by atoms with van der Waals surface area (Å²) < 4.78 is 3.93. The molecule has 0 radical (unpaired) electrons. The van der Waals surface area contributed by atoms with E-state index < -0.39 is 0 Å². The van der Waals surface area contributed by atoms with Crippen LogP contribution in [0.2, 0.25) is 5.02 Å². The summed E-state index contributed by atoms with van der Waals surface area (Å²) in [5.41, 5.74) is 2.69. The highest BCUT2D eigenvalue weighted by Gasteiger charge is 2.12. The van der Waals surface area contributed by atoms with Gasteiger partial charge in [0.2, 0.25) is 5.91 Å². The number of fused-ring (bicyclic) bond motifs is 2. The second kappa shape index (κ2) is 9.48. The molecule has 0 aliphatic carbocycles. The first-order chi connectivity index (χ1) is 16.9. The van der Waals surface area contributed by atoms with Crippen LogP contribution in [0.5, 0.6) is 0 Å². The predicted octanol–water partition coefficient (Wildman–Crippen LogP) is 5.60. The van der Waals surface area contributed by atoms with Crippen LogP contribution >= 0.6 is 27.5 Å². The summed E-state index contributed by atoms with van der Waals surface area (Å²) in [6.45, 7) is 1.85. The summed E-state index contributed by atoms with van der Waals surface area (Å²) >= 11 is 9.32. The molecule has 0 unspecified atom stereocenters. The molecule has 0 fully saturated rings. The lowest BCUT2D eigenvalue weighted by Crippen LogP contribution is -2.20. The average molecular weight is 549 g/mol. The lowest BCUT2D eigenvalue weighted by atomic mass is 10.2. The molecule has 0 aliphatic rings. The molecule has 5 rings (SSSR count). The van der Waals surface area contributed by atoms with E-state index in [4.69, 9.17) is 11.6 Å². The Morgan fingerprint density at radius 2 is 1.89 bits per heavy atom. The molecule has 1 N–H and O–H groups in total. The van der Waals surface area contributed by atoms with Crippen molar-refractivity contribution in [2.75, 3.05) is 5.32 Å². The molecule has 0 aliphatic heterocycles. The first kappa shape index (κ1) is 23.0. The van der Waals surface area contributed by atoms with E-state index in [1.807, 2.05) is 41.1 Å². The van der Waals surface area contributed by atoms with E-state index >= 15 is 0 Å². The van der Waals surface area contributed by atoms with Gasteiger partial charge in [-0.3, -0.25) is 9.59 Å². The number of amides is 1. The van der Waals surface area contributed by atoms with Crippen molar-refractivity contribution in [1.82, 2.24) is 14.2 Å². The third kappa shape index (κ3) is 4.76. The standard InChI is InChI=1S/C26H19BrClN5O2/c1-16-30-23-11-6-18(27)12-22(23)26(35)33(16)29-13-17-14-32(24-5-3-2-4-21(17)24)15-25(34)31-20-9-7-19(28)8-10-20/h2-14H,15H2,1H3,(H,31,34). The number of anilines is 1. The number of benzene rings is 3. The van der Waals surface area contributed by atoms with E-state index in [9.17, 15) is 9.59 Å². The number of hydrogen-bond donors (Lipinski definition) is 1. The van der Waals surface area contributed by atoms with Crippen molar-refractivity contribution in [2.45, 2.75) is 13.5 Å². The van der Waals surface area contributed by atoms with Gasteiger partial charge in [0.1, 0.15) is 12.4 Å². The molecule has 35 heavy (non-hydrogen) atoms. The molecular weight excluding hydrogens is 530 g/mol. The lowest BCUT2D eigenvalue weighted by molar-refractivity contribution is -0.116. The van der Waals surface area contributed by atoms with E-state index in [1.54, 1.807) is 49.5 Å². The number of para-hydroxylation sites is 1. The lowest BCUT2D eigenvalue weighted by Gasteiger charge is -2.07. The molecule has 0 atom stereocenters. The molecule has 9 heteroatoms. The van der Waals surface area contributed by atoms with Crippen LogP contribution in [0.1, 0.15) is 11.4 Å². The molecule has 2 heterocycles. The number of rotatable bonds is 5. The van der Waals surface area contributed by atoms with Crippen LogP contribution in [-0.4, -0.2) is 26.3 Å². The Hall–Kier alpha value is -3.75. The molecule has 0 saturated heterocycles. The van der Waals surface area contributed by atoms with Crippen molar-refractivity contribution in [1.29, 1.82) is 0 Å². The summed E-state index contributed by atoms with van der Waals surface area (Å²) in [5, 5.41) is 9.32. The van der Waals surface area contributed by atoms with Crippen molar-refractivity contribution in [3.8, 4) is 0 Å². The minimum Gasteiger partial charge on any atom is -0.337 e. The van der Waals surface area contributed by atoms with Gasteiger partial charge < -0.3 is 9.88 Å². The van der Waals surface area contributed by atoms with E-state index in [2.05, 4.69) is 31.3 Å². The SMILES string of the molecule is Cc1nc2ccc(Br)cc2c(=O)n1N=Cc1cn(CC(=O)Nc2ccc(Cl)cc2)c2ccccc12. The third-order valence-corrected chi connectivity index (χ3v) is 6.29. The fourth-order valence-corrected chi connectivity index (χ4v) is 4.40. The highest BCUT2D eigenvalue weighted by Crippen LogP contribution is 2.21. The molecule has 0 spiro atoms. The smallest absolute Gasteiger partial charge is 0.282 e. The van der Waals surface area contributed by atoms with Crippen LogP contribution in [0.15, 0.2) is 87.3 Å². The van der Waals surface area contributed by atoms with Gasteiger partial charge in [-0.05, 0) is 55.5 Å². The largest absolute Gasteiger partial charge is 0.337 e. The van der Waals surface area contributed by atoms with E-state index in [-0.39, 0.29) is 18.0 Å². The van der Waals surface area contributed by atoms with Crippen LogP contribution in [0.4, 0.5) is 5.69 Å². The molecular formula is C26H19BrClN5O2. The van der Waals surface area contributed by atoms with Crippen LogP contribution in [0, 0.1) is 6.92 Å². The molecule has 0 bridgehead atoms. The molecule has 5 aromatic rings. The van der Waals surface area contributed by atoms with Gasteiger partial charge in [0, 0.05) is 37.8 Å². The monoisotopic (exact) mass is 547 g/mol. The number of nitrogens with zero attached hydrogens (tertiary/aromatic N) is 4. The molecule has 1 amide bonds. The van der Waals surface area contributed by atoms with Gasteiger partial charge in [-0.25, -0.2) is 4.98 Å². The zero-order valence-corrected chi connectivity index (χ0v) is 20.9. The fourth-order valence-electron chi connectivity index (χ4n) is 3.91. The van der Waals surface area contributed by atoms with Gasteiger partial charge in [-0.1, -0.05) is 45.7 Å². The van der Waals surface area contributed by atoms with E-state index in [0.717, 1.165) is 20.9 Å². The molecule has 0 saturated carbocycles. The quantitative estimate of drug-likeness (QED) is 0.291. The molecule has 174 valence electrons. The van der Waals surface area contributed by atoms with E-state index in [1.165, 1.54) is 4.68 Å². The number of carbonyl (C=O) groups is 1. The Morgan fingerprint density at radius 1 is 1.11 bits per heavy atom. The zero-order chi connectivity index (χ0) is 24.5. The molecule has 3 aromatic carbocycles. The second-order valence-corrected chi connectivity index (χ2v) is 9.32. The van der Waals surface area contributed by atoms with Crippen LogP contribution in [0.25, 0.3) is 21.8 Å². The first-order valence-corrected chi connectivity index (χ1v) is 11.9. The van der Waals surface area contributed by atoms with E-state index in [0.29, 0.717) is 27.4 Å². The van der Waals surface area contributed by atoms with Gasteiger partial charge >= 0.3 is 0 Å². The Labute approximate surface area is 213 Å². The maximum absolute atomic E-state index is 13.1. The van der Waals surface area contributed by atoms with Crippen LogP contribution in [-0.2, 0) is 11.3 Å². The van der Waals surface area contributed by atoms with Crippen molar-refractivity contribution in [3.05, 3.63) is 104 Å². The topological polar surface area (TPSA) is 81.3 Å². The van der Waals surface area contributed by atoms with Gasteiger partial charge in [0.15, 0.2) is 0 Å². The van der Waals surface area contributed by atoms with Gasteiger partial charge in [0.05, 0.1) is 17.1 Å². The first-order valence-electron chi connectivity index (χ1n) is 10.8. The Morgan fingerprint density at radius 3 is 2.69 bits per heavy atom. The minimum atomic E-state index is -0.254. The highest BCUT2D eigenvalue weighted by atomic mass is 79.9. The molecule has 2 aromatic heterocycles. The van der Waals surface area contributed by atoms with Crippen molar-refractivity contribution in [2.24, 2.45) is 5.10 Å². The minimum absolute atomic E-state index is 0.113. The number of aryl methyl sites for hydroxylation is 1. The zero-order valence-electron chi connectivity index (χ0n) is 18.6. The Bertz CT molecular complexity index is 1670. The molecule has 7 nitrogen and oxygen atoms in total. The number of nitrogens with one attached hydrogen (secondary N) is 1. The van der Waals surface area contributed by atoms with Gasteiger partial charge in [0.25, 0.3) is 5.56 Å². The number of hydrogen-bond acceptors (Lipinski definition) is 4. The normalized spacial score (nSPS) is 11.5. The summed E-state index contributed by atoms with van der Waals surface area (Å²) in [6, 6.07) is 20.1. The maximum Gasteiger partial charge on any atom is 0.282 e.